The van der Waals surface area contributed by atoms with E-state index >= 15 is 0 Å². The van der Waals surface area contributed by atoms with E-state index in [1.54, 1.807) is 11.0 Å². The first-order chi connectivity index (χ1) is 13.4. The summed E-state index contributed by atoms with van der Waals surface area (Å²) < 4.78 is 14.7. The van der Waals surface area contributed by atoms with E-state index in [4.69, 9.17) is 0 Å². The van der Waals surface area contributed by atoms with Gasteiger partial charge in [0, 0.05) is 32.6 Å². The average molecular weight is 427 g/mol. The number of halogens is 2. The summed E-state index contributed by atoms with van der Waals surface area (Å²) in [4.78, 5) is 26.5. The van der Waals surface area contributed by atoms with Crippen molar-refractivity contribution in [3.05, 3.63) is 29.1 Å². The third kappa shape index (κ3) is 6.31. The highest BCUT2D eigenvalue weighted by Gasteiger charge is 2.26. The number of nitrogens with one attached hydrogen (secondary N) is 3. The molecule has 3 N–H and O–H groups in total. The summed E-state index contributed by atoms with van der Waals surface area (Å²) in [5.74, 6) is -0.00560. The number of urea groups is 1. The lowest BCUT2D eigenvalue weighted by Gasteiger charge is -2.32. The Bertz CT molecular complexity index is 729. The fourth-order valence-electron chi connectivity index (χ4n) is 3.91. The maximum absolute atomic E-state index is 14.7. The highest BCUT2D eigenvalue weighted by molar-refractivity contribution is 5.91. The van der Waals surface area contributed by atoms with Gasteiger partial charge in [0.25, 0.3) is 0 Å². The molecule has 0 aliphatic carbocycles. The van der Waals surface area contributed by atoms with E-state index in [-0.39, 0.29) is 41.8 Å². The minimum atomic E-state index is -0.314. The molecular weight excluding hydrogens is 395 g/mol. The molecule has 2 aliphatic rings. The Morgan fingerprint density at radius 3 is 2.90 bits per heavy atom. The number of benzene rings is 1. The second kappa shape index (κ2) is 10.8. The van der Waals surface area contributed by atoms with Crippen LogP contribution in [0.2, 0.25) is 0 Å². The third-order valence-corrected chi connectivity index (χ3v) is 5.42. The lowest BCUT2D eigenvalue weighted by molar-refractivity contribution is -0.117. The summed E-state index contributed by atoms with van der Waals surface area (Å²) in [6, 6.07) is 3.46. The van der Waals surface area contributed by atoms with Crippen LogP contribution in [-0.4, -0.2) is 43.0 Å². The predicted octanol–water partition coefficient (Wildman–Crippen LogP) is 3.30. The van der Waals surface area contributed by atoms with Crippen LogP contribution in [0.4, 0.5) is 14.9 Å². The van der Waals surface area contributed by atoms with E-state index in [0.29, 0.717) is 44.0 Å². The van der Waals surface area contributed by atoms with Gasteiger partial charge in [-0.05, 0) is 54.8 Å². The summed E-state index contributed by atoms with van der Waals surface area (Å²) >= 11 is 0. The van der Waals surface area contributed by atoms with Gasteiger partial charge in [-0.25, -0.2) is 9.18 Å². The minimum Gasteiger partial charge on any atom is -0.338 e. The molecule has 1 saturated heterocycles. The Morgan fingerprint density at radius 1 is 1.34 bits per heavy atom. The monoisotopic (exact) mass is 426 g/mol. The van der Waals surface area contributed by atoms with E-state index in [1.807, 2.05) is 6.07 Å². The van der Waals surface area contributed by atoms with E-state index in [9.17, 15) is 14.0 Å². The van der Waals surface area contributed by atoms with Crippen LogP contribution in [0.1, 0.15) is 44.2 Å². The third-order valence-electron chi connectivity index (χ3n) is 5.42. The largest absolute Gasteiger partial charge is 0.338 e. The second-order valence-electron chi connectivity index (χ2n) is 8.28. The Balaban J connectivity index is 0.00000300. The number of hydrogen-bond acceptors (Lipinski definition) is 3. The van der Waals surface area contributed by atoms with Gasteiger partial charge in [0.05, 0.1) is 5.69 Å². The molecule has 0 saturated carbocycles. The number of piperidine rings is 1. The first-order valence-electron chi connectivity index (χ1n) is 10.3. The summed E-state index contributed by atoms with van der Waals surface area (Å²) in [7, 11) is 0. The molecule has 2 aliphatic heterocycles. The average Bonchev–Trinajstić information content (AvgIpc) is 2.68. The topological polar surface area (TPSA) is 73.5 Å². The van der Waals surface area contributed by atoms with Crippen molar-refractivity contribution in [2.45, 2.75) is 46.1 Å². The van der Waals surface area contributed by atoms with Crippen molar-refractivity contribution in [2.75, 3.05) is 31.5 Å². The first-order valence-corrected chi connectivity index (χ1v) is 10.3. The fourth-order valence-corrected chi connectivity index (χ4v) is 3.91. The standard InChI is InChI=1S/C21H31FN4O2.ClH/c1-14(2)11-24-21(28)26-9-3-4-15(13-26)10-19(27)25-18-6-5-16-12-23-8-7-17(16)20(18)22;/h5-6,14-15,23H,3-4,7-13H2,1-2H3,(H,24,28)(H,25,27);1H. The number of fused-ring (bicyclic) bond motifs is 1. The molecule has 1 aromatic rings. The molecule has 0 radical (unpaired) electrons. The number of amides is 3. The molecule has 0 bridgehead atoms. The second-order valence-corrected chi connectivity index (χ2v) is 8.28. The van der Waals surface area contributed by atoms with Gasteiger partial charge in [0.15, 0.2) is 0 Å². The van der Waals surface area contributed by atoms with Gasteiger partial charge in [-0.3, -0.25) is 4.79 Å². The lowest BCUT2D eigenvalue weighted by Crippen LogP contribution is -2.46. The molecule has 162 valence electrons. The van der Waals surface area contributed by atoms with Crippen LogP contribution in [0, 0.1) is 17.7 Å². The quantitative estimate of drug-likeness (QED) is 0.676. The van der Waals surface area contributed by atoms with Crippen LogP contribution in [0.25, 0.3) is 0 Å². The number of carbonyl (C=O) groups is 2. The number of anilines is 1. The molecule has 1 fully saturated rings. The molecule has 8 heteroatoms. The molecule has 6 nitrogen and oxygen atoms in total. The molecule has 1 unspecified atom stereocenters. The maximum atomic E-state index is 14.7. The molecule has 3 rings (SSSR count). The van der Waals surface area contributed by atoms with Crippen LogP contribution in [0.5, 0.6) is 0 Å². The molecule has 1 aromatic carbocycles. The minimum absolute atomic E-state index is 0. The van der Waals surface area contributed by atoms with Crippen molar-refractivity contribution in [1.82, 2.24) is 15.5 Å². The summed E-state index contributed by atoms with van der Waals surface area (Å²) in [5.41, 5.74) is 1.91. The van der Waals surface area contributed by atoms with Gasteiger partial charge in [0.1, 0.15) is 5.82 Å². The van der Waals surface area contributed by atoms with Gasteiger partial charge in [-0.15, -0.1) is 12.4 Å². The van der Waals surface area contributed by atoms with Crippen LogP contribution >= 0.6 is 12.4 Å². The van der Waals surface area contributed by atoms with Crippen molar-refractivity contribution >= 4 is 30.0 Å². The van der Waals surface area contributed by atoms with Crippen molar-refractivity contribution < 1.29 is 14.0 Å². The first kappa shape index (κ1) is 23.4. The maximum Gasteiger partial charge on any atom is 0.317 e. The zero-order valence-corrected chi connectivity index (χ0v) is 18.0. The Morgan fingerprint density at radius 2 is 2.14 bits per heavy atom. The summed E-state index contributed by atoms with van der Waals surface area (Å²) in [6.45, 7) is 7.45. The zero-order valence-electron chi connectivity index (χ0n) is 17.2. The molecule has 2 heterocycles. The van der Waals surface area contributed by atoms with Crippen molar-refractivity contribution in [2.24, 2.45) is 11.8 Å². The number of nitrogens with zero attached hydrogens (tertiary/aromatic N) is 1. The van der Waals surface area contributed by atoms with Gasteiger partial charge >= 0.3 is 6.03 Å². The smallest absolute Gasteiger partial charge is 0.317 e. The molecule has 0 aromatic heterocycles. The Kier molecular flexibility index (Phi) is 8.71. The van der Waals surface area contributed by atoms with Crippen molar-refractivity contribution in [1.29, 1.82) is 0 Å². The predicted molar refractivity (Wildman–Crippen MR) is 115 cm³/mol. The number of likely N-dealkylation sites (tertiary alicyclic amines) is 1. The highest BCUT2D eigenvalue weighted by Crippen LogP contribution is 2.26. The SMILES string of the molecule is CC(C)CNC(=O)N1CCCC(CC(=O)Nc2ccc3c(c2F)CCNC3)C1.Cl. The number of rotatable bonds is 5. The number of carbonyl (C=O) groups excluding carboxylic acids is 2. The number of hydrogen-bond donors (Lipinski definition) is 3. The Hall–Kier alpha value is -1.86. The van der Waals surface area contributed by atoms with Crippen LogP contribution in [0.3, 0.4) is 0 Å². The van der Waals surface area contributed by atoms with Crippen molar-refractivity contribution in [3.8, 4) is 0 Å². The normalized spacial score (nSPS) is 18.6. The molecule has 29 heavy (non-hydrogen) atoms. The van der Waals surface area contributed by atoms with E-state index in [1.165, 1.54) is 0 Å². The van der Waals surface area contributed by atoms with Crippen molar-refractivity contribution in [3.63, 3.8) is 0 Å². The molecule has 3 amide bonds. The Labute approximate surface area is 178 Å². The van der Waals surface area contributed by atoms with Gasteiger partial charge in [-0.1, -0.05) is 19.9 Å². The van der Waals surface area contributed by atoms with Crippen LogP contribution in [0.15, 0.2) is 12.1 Å². The van der Waals surface area contributed by atoms with Gasteiger partial charge in [-0.2, -0.15) is 0 Å². The molecular formula is C21H32ClFN4O2. The van der Waals surface area contributed by atoms with Gasteiger partial charge < -0.3 is 20.9 Å². The van der Waals surface area contributed by atoms with E-state index in [2.05, 4.69) is 29.8 Å². The summed E-state index contributed by atoms with van der Waals surface area (Å²) in [5, 5.41) is 8.89. The lowest BCUT2D eigenvalue weighted by atomic mass is 9.94. The van der Waals surface area contributed by atoms with Crippen LogP contribution in [-0.2, 0) is 17.8 Å². The van der Waals surface area contributed by atoms with E-state index in [0.717, 1.165) is 31.5 Å². The zero-order chi connectivity index (χ0) is 20.1. The summed E-state index contributed by atoms with van der Waals surface area (Å²) in [6.07, 6.45) is 2.72. The van der Waals surface area contributed by atoms with Crippen LogP contribution < -0.4 is 16.0 Å². The molecule has 0 spiro atoms. The fraction of sp³-hybridized carbons (Fsp3) is 0.619. The molecule has 1 atom stereocenters. The van der Waals surface area contributed by atoms with Gasteiger partial charge in [0.2, 0.25) is 5.91 Å². The van der Waals surface area contributed by atoms with E-state index < -0.39 is 0 Å². The highest BCUT2D eigenvalue weighted by atomic mass is 35.5.